The maximum absolute atomic E-state index is 10.8. The molecule has 266 valence electrons. The SMILES string of the molecule is OC[C@@H](O)[C@@H](O)[C@H](O[C@@H]1O[C@H](CO)[C@@H](O[C@@H]2O[C@H](CO)[C@@H](O[C@@H]3O[C@H](CO)[C@@H](O)[C@H](O)[C@@H]3O)[C@H](O)[C@@H]2O)[C@H](O)[C@@H]1O)[C@H](O)CO. The summed E-state index contributed by atoms with van der Waals surface area (Å²) in [6.45, 7) is -4.63. The highest BCUT2D eigenvalue weighted by molar-refractivity contribution is 4.97. The Morgan fingerprint density at radius 2 is 0.867 bits per heavy atom. The van der Waals surface area contributed by atoms with Crippen molar-refractivity contribution in [2.24, 2.45) is 0 Å². The van der Waals surface area contributed by atoms with Gasteiger partial charge in [0.05, 0.1) is 33.0 Å². The number of ether oxygens (including phenoxy) is 6. The highest BCUT2D eigenvalue weighted by Crippen LogP contribution is 2.33. The topological polar surface area (TPSA) is 359 Å². The number of hydrogen-bond acceptors (Lipinski definition) is 21. The van der Waals surface area contributed by atoms with Crippen LogP contribution in [-0.4, -0.2) is 226 Å². The fourth-order valence-electron chi connectivity index (χ4n) is 5.14. The second-order valence-corrected chi connectivity index (χ2v) is 10.9. The molecule has 3 saturated heterocycles. The Morgan fingerprint density at radius 3 is 1.31 bits per heavy atom. The minimum absolute atomic E-state index is 0.792. The lowest BCUT2D eigenvalue weighted by Crippen LogP contribution is -2.67. The molecule has 0 aromatic rings. The van der Waals surface area contributed by atoms with Gasteiger partial charge < -0.3 is 105 Å². The summed E-state index contributed by atoms with van der Waals surface area (Å²) in [7, 11) is 0. The number of rotatable bonds is 14. The van der Waals surface area contributed by atoms with Gasteiger partial charge >= 0.3 is 0 Å². The molecule has 0 unspecified atom stereocenters. The highest BCUT2D eigenvalue weighted by atomic mass is 16.8. The predicted octanol–water partition coefficient (Wildman–Crippen LogP) is -10.1. The van der Waals surface area contributed by atoms with E-state index in [1.54, 1.807) is 0 Å². The van der Waals surface area contributed by atoms with Gasteiger partial charge in [-0.1, -0.05) is 0 Å². The number of aliphatic hydroxyl groups excluding tert-OH is 15. The van der Waals surface area contributed by atoms with Crippen LogP contribution in [0.25, 0.3) is 0 Å². The molecule has 3 heterocycles. The van der Waals surface area contributed by atoms with E-state index in [0.717, 1.165) is 0 Å². The fraction of sp³-hybridized carbons (Fsp3) is 1.00. The summed E-state index contributed by atoms with van der Waals surface area (Å²) in [6.07, 6.45) is -34.8. The van der Waals surface area contributed by atoms with Gasteiger partial charge in [-0.05, 0) is 0 Å². The van der Waals surface area contributed by atoms with E-state index < -0.39 is 150 Å². The maximum Gasteiger partial charge on any atom is 0.187 e. The first kappa shape index (κ1) is 38.6. The molecule has 21 nitrogen and oxygen atoms in total. The van der Waals surface area contributed by atoms with E-state index in [1.807, 2.05) is 0 Å². The van der Waals surface area contributed by atoms with E-state index in [9.17, 15) is 71.5 Å². The smallest absolute Gasteiger partial charge is 0.187 e. The number of aliphatic hydroxyl groups is 15. The van der Waals surface area contributed by atoms with Gasteiger partial charge in [0.15, 0.2) is 18.9 Å². The first-order valence-corrected chi connectivity index (χ1v) is 14.0. The Hall–Kier alpha value is -0.840. The lowest BCUT2D eigenvalue weighted by Gasteiger charge is -2.48. The highest BCUT2D eigenvalue weighted by Gasteiger charge is 2.54. The molecule has 0 amide bonds. The molecule has 3 fully saturated rings. The minimum Gasteiger partial charge on any atom is -0.394 e. The summed E-state index contributed by atoms with van der Waals surface area (Å²) >= 11 is 0. The molecule has 0 aromatic heterocycles. The van der Waals surface area contributed by atoms with E-state index in [4.69, 9.17) is 33.5 Å². The van der Waals surface area contributed by atoms with Crippen molar-refractivity contribution in [2.75, 3.05) is 33.0 Å². The zero-order valence-corrected chi connectivity index (χ0v) is 23.7. The van der Waals surface area contributed by atoms with Crippen molar-refractivity contribution < 1.29 is 105 Å². The van der Waals surface area contributed by atoms with Gasteiger partial charge in [-0.2, -0.15) is 0 Å². The van der Waals surface area contributed by atoms with Gasteiger partial charge in [0.1, 0.15) is 97.7 Å². The van der Waals surface area contributed by atoms with Crippen LogP contribution in [-0.2, 0) is 28.4 Å². The van der Waals surface area contributed by atoms with E-state index in [0.29, 0.717) is 0 Å². The van der Waals surface area contributed by atoms with Crippen molar-refractivity contribution in [1.29, 1.82) is 0 Å². The Bertz CT molecular complexity index is 867. The molecule has 0 aliphatic carbocycles. The standard InChI is InChI=1S/C24H44O21/c25-1-6(30)11(32)19(7(31)2-26)43-23-17(38)14(35)21(9(4-28)41-23)45-24-18(39)15(36)20(10(5-29)42-24)44-22-16(37)13(34)12(33)8(3-27)40-22/h6-39H,1-5H2/t6-,7-,8-,9-,10-,11-,12-,13+,14-,15-,16+,17+,18+,19-,20-,21-,22+,23+,24+/m1/s1. The molecular formula is C24H44O21. The first-order valence-electron chi connectivity index (χ1n) is 14.0. The molecule has 0 bridgehead atoms. The first-order chi connectivity index (χ1) is 21.2. The molecule has 0 aromatic carbocycles. The molecule has 0 radical (unpaired) electrons. The fourth-order valence-corrected chi connectivity index (χ4v) is 5.14. The van der Waals surface area contributed by atoms with Crippen LogP contribution < -0.4 is 0 Å². The average Bonchev–Trinajstić information content (AvgIpc) is 3.04. The van der Waals surface area contributed by atoms with Crippen LogP contribution in [0.5, 0.6) is 0 Å². The zero-order valence-electron chi connectivity index (χ0n) is 23.7. The second-order valence-electron chi connectivity index (χ2n) is 10.9. The van der Waals surface area contributed by atoms with E-state index in [1.165, 1.54) is 0 Å². The summed E-state index contributed by atoms with van der Waals surface area (Å²) in [4.78, 5) is 0. The minimum atomic E-state index is -2.08. The Morgan fingerprint density at radius 1 is 0.467 bits per heavy atom. The normalized spacial score (nSPS) is 45.5. The lowest BCUT2D eigenvalue weighted by molar-refractivity contribution is -0.383. The maximum atomic E-state index is 10.8. The van der Waals surface area contributed by atoms with Gasteiger partial charge in [0, 0.05) is 0 Å². The molecule has 3 aliphatic heterocycles. The Kier molecular flexibility index (Phi) is 14.6. The Balaban J connectivity index is 1.72. The quantitative estimate of drug-likeness (QED) is 0.0816. The van der Waals surface area contributed by atoms with Crippen molar-refractivity contribution in [3.63, 3.8) is 0 Å². The predicted molar refractivity (Wildman–Crippen MR) is 136 cm³/mol. The van der Waals surface area contributed by atoms with Crippen LogP contribution in [0.2, 0.25) is 0 Å². The number of hydrogen-bond donors (Lipinski definition) is 15. The van der Waals surface area contributed by atoms with Gasteiger partial charge in [0.25, 0.3) is 0 Å². The van der Waals surface area contributed by atoms with Crippen molar-refractivity contribution >= 4 is 0 Å². The van der Waals surface area contributed by atoms with E-state index in [-0.39, 0.29) is 0 Å². The summed E-state index contributed by atoms with van der Waals surface area (Å²) in [6, 6.07) is 0. The van der Waals surface area contributed by atoms with Crippen molar-refractivity contribution in [3.8, 4) is 0 Å². The summed E-state index contributed by atoms with van der Waals surface area (Å²) in [5, 5.41) is 151. The van der Waals surface area contributed by atoms with E-state index >= 15 is 0 Å². The van der Waals surface area contributed by atoms with Crippen LogP contribution in [0.4, 0.5) is 0 Å². The van der Waals surface area contributed by atoms with Gasteiger partial charge in [-0.3, -0.25) is 0 Å². The van der Waals surface area contributed by atoms with Gasteiger partial charge in [0.2, 0.25) is 0 Å². The van der Waals surface area contributed by atoms with Crippen molar-refractivity contribution in [1.82, 2.24) is 0 Å². The van der Waals surface area contributed by atoms with Crippen LogP contribution in [0.15, 0.2) is 0 Å². The molecular weight excluding hydrogens is 624 g/mol. The monoisotopic (exact) mass is 668 g/mol. The van der Waals surface area contributed by atoms with Crippen LogP contribution in [0, 0.1) is 0 Å². The molecule has 0 spiro atoms. The van der Waals surface area contributed by atoms with Gasteiger partial charge in [-0.15, -0.1) is 0 Å². The van der Waals surface area contributed by atoms with Crippen LogP contribution in [0.1, 0.15) is 0 Å². The summed E-state index contributed by atoms with van der Waals surface area (Å²) < 4.78 is 32.4. The summed E-state index contributed by atoms with van der Waals surface area (Å²) in [5.74, 6) is 0. The Labute approximate surface area is 255 Å². The average molecular weight is 669 g/mol. The molecule has 0 saturated carbocycles. The third-order valence-electron chi connectivity index (χ3n) is 7.85. The molecule has 19 atom stereocenters. The molecule has 3 aliphatic rings. The molecule has 3 rings (SSSR count). The zero-order chi connectivity index (χ0) is 33.7. The van der Waals surface area contributed by atoms with E-state index in [2.05, 4.69) is 0 Å². The third-order valence-corrected chi connectivity index (χ3v) is 7.85. The summed E-state index contributed by atoms with van der Waals surface area (Å²) in [5.41, 5.74) is 0. The van der Waals surface area contributed by atoms with Crippen LogP contribution >= 0.6 is 0 Å². The molecule has 15 N–H and O–H groups in total. The molecule has 45 heavy (non-hydrogen) atoms. The van der Waals surface area contributed by atoms with Gasteiger partial charge in [-0.25, -0.2) is 0 Å². The largest absolute Gasteiger partial charge is 0.394 e. The van der Waals surface area contributed by atoms with Crippen molar-refractivity contribution in [3.05, 3.63) is 0 Å². The third kappa shape index (κ3) is 8.43. The lowest BCUT2D eigenvalue weighted by atomic mass is 9.96. The van der Waals surface area contributed by atoms with Crippen molar-refractivity contribution in [2.45, 2.75) is 117 Å². The van der Waals surface area contributed by atoms with Crippen LogP contribution in [0.3, 0.4) is 0 Å². The molecule has 21 heteroatoms. The second kappa shape index (κ2) is 17.0.